The summed E-state index contributed by atoms with van der Waals surface area (Å²) in [7, 11) is 0. The smallest absolute Gasteiger partial charge is 0.312 e. The first-order valence-electron chi connectivity index (χ1n) is 6.48. The van der Waals surface area contributed by atoms with E-state index in [9.17, 15) is 9.90 Å². The molecule has 0 aliphatic rings. The fraction of sp³-hybridized carbons (Fsp3) is 0.533. The van der Waals surface area contributed by atoms with E-state index >= 15 is 0 Å². The molecule has 0 aliphatic carbocycles. The van der Waals surface area contributed by atoms with E-state index in [1.54, 1.807) is 13.8 Å². The molecule has 1 N–H and O–H groups in total. The van der Waals surface area contributed by atoms with Crippen LogP contribution < -0.4 is 0 Å². The zero-order valence-corrected chi connectivity index (χ0v) is 11.3. The topological polar surface area (TPSA) is 46.5 Å². The Morgan fingerprint density at radius 3 is 2.44 bits per heavy atom. The van der Waals surface area contributed by atoms with Gasteiger partial charge in [0, 0.05) is 0 Å². The molecule has 2 unspecified atom stereocenters. The number of benzene rings is 1. The van der Waals surface area contributed by atoms with Gasteiger partial charge < -0.3 is 9.84 Å². The first-order valence-corrected chi connectivity index (χ1v) is 6.48. The molecule has 0 aromatic heterocycles. The van der Waals surface area contributed by atoms with E-state index in [2.05, 4.69) is 0 Å². The third-order valence-corrected chi connectivity index (χ3v) is 3.19. The molecular formula is C15H22O3. The van der Waals surface area contributed by atoms with Crippen LogP contribution in [0.4, 0.5) is 0 Å². The van der Waals surface area contributed by atoms with Gasteiger partial charge in [0.2, 0.25) is 0 Å². The van der Waals surface area contributed by atoms with Crippen LogP contribution in [-0.4, -0.2) is 17.7 Å². The van der Waals surface area contributed by atoms with Crippen molar-refractivity contribution in [1.82, 2.24) is 0 Å². The van der Waals surface area contributed by atoms with Crippen molar-refractivity contribution < 1.29 is 14.6 Å². The Morgan fingerprint density at radius 1 is 1.33 bits per heavy atom. The number of hydrogen-bond acceptors (Lipinski definition) is 3. The molecule has 1 aromatic rings. The van der Waals surface area contributed by atoms with Crippen LogP contribution in [0.3, 0.4) is 0 Å². The average molecular weight is 250 g/mol. The normalized spacial score (nSPS) is 15.8. The van der Waals surface area contributed by atoms with Crippen molar-refractivity contribution in [2.45, 2.75) is 39.2 Å². The maximum Gasteiger partial charge on any atom is 0.312 e. The highest BCUT2D eigenvalue weighted by Crippen LogP contribution is 2.33. The summed E-state index contributed by atoms with van der Waals surface area (Å²) in [4.78, 5) is 12.0. The van der Waals surface area contributed by atoms with E-state index < -0.39 is 11.5 Å². The standard InChI is InChI=1S/C15H22O3/c1-4-9-13(14(16)18-5-2)15(3,17)12-10-7-6-8-11-12/h6-8,10-11,13,17H,4-5,9H2,1-3H3. The van der Waals surface area contributed by atoms with Crippen LogP contribution in [0, 0.1) is 5.92 Å². The van der Waals surface area contributed by atoms with E-state index in [-0.39, 0.29) is 5.97 Å². The Balaban J connectivity index is 3.00. The summed E-state index contributed by atoms with van der Waals surface area (Å²) in [6, 6.07) is 9.28. The number of carbonyl (C=O) groups is 1. The summed E-state index contributed by atoms with van der Waals surface area (Å²) in [5, 5.41) is 10.7. The second-order valence-corrected chi connectivity index (χ2v) is 4.61. The van der Waals surface area contributed by atoms with E-state index in [4.69, 9.17) is 4.74 Å². The lowest BCUT2D eigenvalue weighted by Gasteiger charge is -2.31. The van der Waals surface area contributed by atoms with Gasteiger partial charge in [0.1, 0.15) is 5.60 Å². The van der Waals surface area contributed by atoms with Crippen molar-refractivity contribution in [3.8, 4) is 0 Å². The highest BCUT2D eigenvalue weighted by Gasteiger charge is 2.39. The molecular weight excluding hydrogens is 228 g/mol. The van der Waals surface area contributed by atoms with Gasteiger partial charge in [-0.25, -0.2) is 0 Å². The van der Waals surface area contributed by atoms with Gasteiger partial charge in [-0.3, -0.25) is 4.79 Å². The number of rotatable bonds is 6. The molecule has 0 spiro atoms. The molecule has 0 bridgehead atoms. The lowest BCUT2D eigenvalue weighted by molar-refractivity contribution is -0.158. The molecule has 0 heterocycles. The zero-order valence-electron chi connectivity index (χ0n) is 11.3. The molecule has 1 aromatic carbocycles. The van der Waals surface area contributed by atoms with Gasteiger partial charge in [0.25, 0.3) is 0 Å². The third-order valence-electron chi connectivity index (χ3n) is 3.19. The number of aliphatic hydroxyl groups is 1. The van der Waals surface area contributed by atoms with Crippen molar-refractivity contribution in [2.24, 2.45) is 5.92 Å². The molecule has 0 aliphatic heterocycles. The van der Waals surface area contributed by atoms with Crippen LogP contribution in [0.5, 0.6) is 0 Å². The average Bonchev–Trinajstić information content (AvgIpc) is 2.37. The molecule has 3 nitrogen and oxygen atoms in total. The summed E-state index contributed by atoms with van der Waals surface area (Å²) >= 11 is 0. The summed E-state index contributed by atoms with van der Waals surface area (Å²) in [5.74, 6) is -0.849. The Morgan fingerprint density at radius 2 is 1.94 bits per heavy atom. The van der Waals surface area contributed by atoms with Gasteiger partial charge >= 0.3 is 5.97 Å². The predicted octanol–water partition coefficient (Wildman–Crippen LogP) is 2.87. The minimum atomic E-state index is -1.19. The molecule has 0 saturated heterocycles. The van der Waals surface area contributed by atoms with Crippen molar-refractivity contribution in [3.05, 3.63) is 35.9 Å². The van der Waals surface area contributed by atoms with Crippen molar-refractivity contribution in [1.29, 1.82) is 0 Å². The summed E-state index contributed by atoms with van der Waals surface area (Å²) in [5.41, 5.74) is -0.444. The zero-order chi connectivity index (χ0) is 13.6. The molecule has 1 rings (SSSR count). The minimum Gasteiger partial charge on any atom is -0.466 e. The van der Waals surface area contributed by atoms with Gasteiger partial charge in [-0.2, -0.15) is 0 Å². The molecule has 0 amide bonds. The Bertz CT molecular complexity index is 371. The van der Waals surface area contributed by atoms with E-state index in [0.717, 1.165) is 12.0 Å². The molecule has 0 fully saturated rings. The Hall–Kier alpha value is -1.35. The summed E-state index contributed by atoms with van der Waals surface area (Å²) < 4.78 is 5.07. The van der Waals surface area contributed by atoms with Gasteiger partial charge in [-0.05, 0) is 25.8 Å². The van der Waals surface area contributed by atoms with Crippen molar-refractivity contribution in [2.75, 3.05) is 6.61 Å². The minimum absolute atomic E-state index is 0.326. The van der Waals surface area contributed by atoms with Crippen LogP contribution in [0.1, 0.15) is 39.2 Å². The number of ether oxygens (including phenoxy) is 1. The van der Waals surface area contributed by atoms with Crippen LogP contribution in [0.2, 0.25) is 0 Å². The van der Waals surface area contributed by atoms with Crippen molar-refractivity contribution >= 4 is 5.97 Å². The lowest BCUT2D eigenvalue weighted by Crippen LogP contribution is -2.38. The quantitative estimate of drug-likeness (QED) is 0.790. The molecule has 0 radical (unpaired) electrons. The van der Waals surface area contributed by atoms with E-state index in [1.165, 1.54) is 0 Å². The van der Waals surface area contributed by atoms with Gasteiger partial charge in [0.05, 0.1) is 12.5 Å². The largest absolute Gasteiger partial charge is 0.466 e. The van der Waals surface area contributed by atoms with Gasteiger partial charge in [-0.15, -0.1) is 0 Å². The Labute approximate surface area is 109 Å². The SMILES string of the molecule is CCCC(C(=O)OCC)C(C)(O)c1ccccc1. The summed E-state index contributed by atoms with van der Waals surface area (Å²) in [6.45, 7) is 5.79. The molecule has 18 heavy (non-hydrogen) atoms. The maximum absolute atomic E-state index is 12.0. The van der Waals surface area contributed by atoms with E-state index in [0.29, 0.717) is 13.0 Å². The van der Waals surface area contributed by atoms with Gasteiger partial charge in [0.15, 0.2) is 0 Å². The molecule has 2 atom stereocenters. The highest BCUT2D eigenvalue weighted by atomic mass is 16.5. The van der Waals surface area contributed by atoms with Crippen LogP contribution in [0.25, 0.3) is 0 Å². The number of carbonyl (C=O) groups excluding carboxylic acids is 1. The second-order valence-electron chi connectivity index (χ2n) is 4.61. The maximum atomic E-state index is 12.0. The number of esters is 1. The molecule has 0 saturated carbocycles. The molecule has 3 heteroatoms. The third kappa shape index (κ3) is 3.33. The van der Waals surface area contributed by atoms with Crippen molar-refractivity contribution in [3.63, 3.8) is 0 Å². The highest BCUT2D eigenvalue weighted by molar-refractivity contribution is 5.74. The number of hydrogen-bond donors (Lipinski definition) is 1. The summed E-state index contributed by atoms with van der Waals surface area (Å²) in [6.07, 6.45) is 1.44. The first kappa shape index (κ1) is 14.7. The second kappa shape index (κ2) is 6.55. The van der Waals surface area contributed by atoms with Crippen LogP contribution in [0.15, 0.2) is 30.3 Å². The first-order chi connectivity index (χ1) is 8.54. The van der Waals surface area contributed by atoms with Gasteiger partial charge in [-0.1, -0.05) is 43.7 Å². The van der Waals surface area contributed by atoms with Crippen LogP contribution in [-0.2, 0) is 15.1 Å². The monoisotopic (exact) mass is 250 g/mol. The molecule has 100 valence electrons. The van der Waals surface area contributed by atoms with E-state index in [1.807, 2.05) is 37.3 Å². The van der Waals surface area contributed by atoms with Crippen LogP contribution >= 0.6 is 0 Å². The fourth-order valence-electron chi connectivity index (χ4n) is 2.14. The Kier molecular flexibility index (Phi) is 5.35. The lowest BCUT2D eigenvalue weighted by atomic mass is 9.80. The fourth-order valence-corrected chi connectivity index (χ4v) is 2.14. The predicted molar refractivity (Wildman–Crippen MR) is 71.0 cm³/mol.